The highest BCUT2D eigenvalue weighted by molar-refractivity contribution is 5.83. The fourth-order valence-corrected chi connectivity index (χ4v) is 3.71. The van der Waals surface area contributed by atoms with E-state index in [9.17, 15) is 9.90 Å². The van der Waals surface area contributed by atoms with Crippen molar-refractivity contribution in [2.24, 2.45) is 11.3 Å². The quantitative estimate of drug-likeness (QED) is 0.673. The number of pyridine rings is 1. The van der Waals surface area contributed by atoms with Crippen molar-refractivity contribution in [3.05, 3.63) is 47.7 Å². The maximum absolute atomic E-state index is 13.1. The van der Waals surface area contributed by atoms with Gasteiger partial charge >= 0.3 is 5.97 Å². The molecule has 0 aliphatic heterocycles. The third kappa shape index (κ3) is 5.05. The number of rotatable bonds is 6. The second-order valence-corrected chi connectivity index (χ2v) is 8.68. The third-order valence-corrected chi connectivity index (χ3v) is 6.22. The average Bonchev–Trinajstić information content (AvgIpc) is 2.72. The lowest BCUT2D eigenvalue weighted by atomic mass is 9.72. The lowest BCUT2D eigenvalue weighted by molar-refractivity contribution is -0.162. The smallest absolute Gasteiger partial charge is 0.316 e. The first-order valence-electron chi connectivity index (χ1n) is 10.8. The minimum atomic E-state index is -0.671. The van der Waals surface area contributed by atoms with Crippen LogP contribution in [0.25, 0.3) is 17.0 Å². The van der Waals surface area contributed by atoms with Crippen LogP contribution in [0.4, 0.5) is 0 Å². The summed E-state index contributed by atoms with van der Waals surface area (Å²) in [5, 5.41) is 11.1. The van der Waals surface area contributed by atoms with Gasteiger partial charge in [0.15, 0.2) is 0 Å². The summed E-state index contributed by atoms with van der Waals surface area (Å²) in [7, 11) is 0. The van der Waals surface area contributed by atoms with E-state index in [4.69, 9.17) is 9.72 Å². The lowest BCUT2D eigenvalue weighted by Crippen LogP contribution is -2.38. The van der Waals surface area contributed by atoms with Gasteiger partial charge in [0.1, 0.15) is 6.10 Å². The molecule has 3 rings (SSSR count). The summed E-state index contributed by atoms with van der Waals surface area (Å²) in [6.07, 6.45) is 6.92. The second kappa shape index (κ2) is 9.08. The molecule has 2 aromatic rings. The molecule has 1 aliphatic carbocycles. The van der Waals surface area contributed by atoms with Gasteiger partial charge in [0.25, 0.3) is 0 Å². The summed E-state index contributed by atoms with van der Waals surface area (Å²) in [5.41, 5.74) is 2.39. The van der Waals surface area contributed by atoms with Gasteiger partial charge in [-0.1, -0.05) is 51.1 Å². The number of nitrogens with zero attached hydrogens (tertiary/aromatic N) is 1. The molecule has 1 N–H and O–H groups in total. The molecule has 1 aromatic heterocycles. The Morgan fingerprint density at radius 3 is 2.59 bits per heavy atom. The van der Waals surface area contributed by atoms with Crippen LogP contribution < -0.4 is 0 Å². The average molecular weight is 396 g/mol. The number of ether oxygens (including phenoxy) is 1. The summed E-state index contributed by atoms with van der Waals surface area (Å²) in [6, 6.07) is 10.4. The molecule has 156 valence electrons. The van der Waals surface area contributed by atoms with Gasteiger partial charge < -0.3 is 9.84 Å². The third-order valence-electron chi connectivity index (χ3n) is 6.22. The first-order chi connectivity index (χ1) is 13.8. The van der Waals surface area contributed by atoms with Crippen molar-refractivity contribution >= 4 is 22.9 Å². The van der Waals surface area contributed by atoms with Crippen LogP contribution in [0.1, 0.15) is 64.6 Å². The molecule has 0 bridgehead atoms. The van der Waals surface area contributed by atoms with Crippen molar-refractivity contribution in [1.82, 2.24) is 4.98 Å². The highest BCUT2D eigenvalue weighted by Crippen LogP contribution is 2.40. The number of fused-ring (bicyclic) bond motifs is 1. The van der Waals surface area contributed by atoms with Gasteiger partial charge in [0.05, 0.1) is 17.0 Å². The highest BCUT2D eigenvalue weighted by atomic mass is 16.5. The summed E-state index contributed by atoms with van der Waals surface area (Å²) in [4.78, 5) is 17.8. The SMILES string of the molecule is CCc1ccc2ccc(/C=C/C3(C(=O)OC(C)C(C)C)CCC(O)CC3)cc2n1. The number of hydrogen-bond donors (Lipinski definition) is 1. The van der Waals surface area contributed by atoms with Crippen LogP contribution in [0.3, 0.4) is 0 Å². The molecular weight excluding hydrogens is 362 g/mol. The van der Waals surface area contributed by atoms with Gasteiger partial charge in [-0.15, -0.1) is 0 Å². The molecule has 1 aliphatic rings. The zero-order chi connectivity index (χ0) is 21.0. The molecule has 0 amide bonds. The number of aliphatic hydroxyl groups is 1. The molecule has 1 atom stereocenters. The molecule has 1 aromatic carbocycles. The van der Waals surface area contributed by atoms with Crippen molar-refractivity contribution in [3.8, 4) is 0 Å². The van der Waals surface area contributed by atoms with Gasteiger partial charge in [0.2, 0.25) is 0 Å². The Bertz CT molecular complexity index is 879. The van der Waals surface area contributed by atoms with Crippen LogP contribution in [0.5, 0.6) is 0 Å². The number of carbonyl (C=O) groups is 1. The topological polar surface area (TPSA) is 59.4 Å². The molecule has 1 unspecified atom stereocenters. The first-order valence-corrected chi connectivity index (χ1v) is 10.8. The number of esters is 1. The standard InChI is InChI=1S/C25H33NO3/c1-5-21-9-8-20-7-6-19(16-23(20)26-21)10-13-25(14-11-22(27)12-15-25)24(28)29-18(4)17(2)3/h6-10,13,16-18,22,27H,5,11-12,14-15H2,1-4H3/b13-10+. The van der Waals surface area contributed by atoms with Crippen LogP contribution >= 0.6 is 0 Å². The molecule has 1 heterocycles. The van der Waals surface area contributed by atoms with E-state index in [1.165, 1.54) is 0 Å². The molecular formula is C25H33NO3. The maximum Gasteiger partial charge on any atom is 0.316 e. The molecule has 4 nitrogen and oxygen atoms in total. The van der Waals surface area contributed by atoms with Crippen molar-refractivity contribution in [3.63, 3.8) is 0 Å². The monoisotopic (exact) mass is 395 g/mol. The number of hydrogen-bond acceptors (Lipinski definition) is 4. The van der Waals surface area contributed by atoms with Crippen LogP contribution in [-0.2, 0) is 16.0 Å². The minimum Gasteiger partial charge on any atom is -0.462 e. The number of carbonyl (C=O) groups excluding carboxylic acids is 1. The van der Waals surface area contributed by atoms with E-state index in [2.05, 4.69) is 51.1 Å². The van der Waals surface area contributed by atoms with E-state index < -0.39 is 5.41 Å². The number of aryl methyl sites for hydroxylation is 1. The summed E-state index contributed by atoms with van der Waals surface area (Å²) in [6.45, 7) is 8.15. The molecule has 1 fully saturated rings. The van der Waals surface area contributed by atoms with Crippen molar-refractivity contribution < 1.29 is 14.6 Å². The molecule has 4 heteroatoms. The van der Waals surface area contributed by atoms with E-state index in [-0.39, 0.29) is 24.1 Å². The van der Waals surface area contributed by atoms with E-state index in [0.717, 1.165) is 28.6 Å². The van der Waals surface area contributed by atoms with Gasteiger partial charge in [-0.2, -0.15) is 0 Å². The van der Waals surface area contributed by atoms with Gasteiger partial charge in [-0.25, -0.2) is 0 Å². The minimum absolute atomic E-state index is 0.128. The number of benzene rings is 1. The first kappa shape index (κ1) is 21.5. The van der Waals surface area contributed by atoms with Crippen LogP contribution in [0.15, 0.2) is 36.4 Å². The largest absolute Gasteiger partial charge is 0.462 e. The Hall–Kier alpha value is -2.20. The van der Waals surface area contributed by atoms with E-state index >= 15 is 0 Å². The van der Waals surface area contributed by atoms with Gasteiger partial charge in [0, 0.05) is 11.1 Å². The van der Waals surface area contributed by atoms with Crippen molar-refractivity contribution in [2.75, 3.05) is 0 Å². The zero-order valence-corrected chi connectivity index (χ0v) is 18.0. The summed E-state index contributed by atoms with van der Waals surface area (Å²) in [5.74, 6) is 0.0996. The summed E-state index contributed by atoms with van der Waals surface area (Å²) >= 11 is 0. The van der Waals surface area contributed by atoms with E-state index in [1.54, 1.807) is 0 Å². The molecule has 1 saturated carbocycles. The van der Waals surface area contributed by atoms with E-state index in [0.29, 0.717) is 25.7 Å². The Morgan fingerprint density at radius 1 is 1.24 bits per heavy atom. The van der Waals surface area contributed by atoms with Crippen molar-refractivity contribution in [2.45, 2.75) is 72.0 Å². The van der Waals surface area contributed by atoms with Gasteiger partial charge in [-0.05, 0) is 62.6 Å². The predicted molar refractivity (Wildman–Crippen MR) is 117 cm³/mol. The van der Waals surface area contributed by atoms with Gasteiger partial charge in [-0.3, -0.25) is 9.78 Å². The number of aromatic nitrogens is 1. The Labute approximate surface area is 174 Å². The lowest BCUT2D eigenvalue weighted by Gasteiger charge is -2.35. The molecule has 0 spiro atoms. The zero-order valence-electron chi connectivity index (χ0n) is 18.0. The Balaban J connectivity index is 1.88. The Morgan fingerprint density at radius 2 is 1.93 bits per heavy atom. The van der Waals surface area contributed by atoms with Crippen molar-refractivity contribution in [1.29, 1.82) is 0 Å². The van der Waals surface area contributed by atoms with E-state index in [1.807, 2.05) is 19.1 Å². The number of aliphatic hydroxyl groups excluding tert-OH is 1. The fraction of sp³-hybridized carbons (Fsp3) is 0.520. The fourth-order valence-electron chi connectivity index (χ4n) is 3.71. The molecule has 29 heavy (non-hydrogen) atoms. The van der Waals surface area contributed by atoms with Crippen LogP contribution in [0.2, 0.25) is 0 Å². The molecule has 0 radical (unpaired) electrons. The maximum atomic E-state index is 13.1. The Kier molecular flexibility index (Phi) is 6.74. The molecule has 0 saturated heterocycles. The van der Waals surface area contributed by atoms with Crippen LogP contribution in [-0.4, -0.2) is 28.3 Å². The summed E-state index contributed by atoms with van der Waals surface area (Å²) < 4.78 is 5.79. The normalized spacial score (nSPS) is 23.6. The highest BCUT2D eigenvalue weighted by Gasteiger charge is 2.41. The van der Waals surface area contributed by atoms with Crippen LogP contribution in [0, 0.1) is 11.3 Å². The predicted octanol–water partition coefficient (Wildman–Crippen LogP) is 5.32. The second-order valence-electron chi connectivity index (χ2n) is 8.68.